The first-order valence-electron chi connectivity index (χ1n) is 8.20. The normalized spacial score (nSPS) is 10.9. The van der Waals surface area contributed by atoms with E-state index in [2.05, 4.69) is 5.32 Å². The fourth-order valence-electron chi connectivity index (χ4n) is 1.99. The molecule has 6 nitrogen and oxygen atoms in total. The Balaban J connectivity index is 2.48. The monoisotopic (exact) mass is 336 g/mol. The van der Waals surface area contributed by atoms with Crippen molar-refractivity contribution < 1.29 is 19.1 Å². The molecule has 1 aromatic carbocycles. The molecule has 0 radical (unpaired) electrons. The van der Waals surface area contributed by atoms with Crippen molar-refractivity contribution in [3.63, 3.8) is 0 Å². The van der Waals surface area contributed by atoms with Crippen molar-refractivity contribution in [1.82, 2.24) is 10.2 Å². The van der Waals surface area contributed by atoms with Crippen molar-refractivity contribution in [2.45, 2.75) is 46.1 Å². The lowest BCUT2D eigenvalue weighted by molar-refractivity contribution is 0.0528. The molecule has 1 N–H and O–H groups in total. The molecule has 0 aliphatic rings. The molecule has 0 aliphatic carbocycles. The van der Waals surface area contributed by atoms with Gasteiger partial charge in [-0.05, 0) is 51.3 Å². The fourth-order valence-corrected chi connectivity index (χ4v) is 1.99. The van der Waals surface area contributed by atoms with Crippen molar-refractivity contribution in [3.8, 4) is 5.75 Å². The van der Waals surface area contributed by atoms with Gasteiger partial charge in [0.2, 0.25) is 0 Å². The van der Waals surface area contributed by atoms with Crippen molar-refractivity contribution >= 4 is 12.2 Å². The quantitative estimate of drug-likeness (QED) is 0.862. The minimum Gasteiger partial charge on any atom is -0.444 e. The first-order chi connectivity index (χ1) is 11.2. The predicted octanol–water partition coefficient (Wildman–Crippen LogP) is 3.59. The number of alkyl carbamates (subject to hydrolysis) is 1. The largest absolute Gasteiger partial charge is 0.444 e. The first-order valence-corrected chi connectivity index (χ1v) is 8.20. The predicted molar refractivity (Wildman–Crippen MR) is 93.3 cm³/mol. The molecule has 0 heterocycles. The maximum absolute atomic E-state index is 11.9. The Morgan fingerprint density at radius 3 is 2.58 bits per heavy atom. The van der Waals surface area contributed by atoms with E-state index in [1.54, 1.807) is 19.2 Å². The third-order valence-electron chi connectivity index (χ3n) is 3.06. The van der Waals surface area contributed by atoms with E-state index in [9.17, 15) is 9.59 Å². The summed E-state index contributed by atoms with van der Waals surface area (Å²) in [6.45, 7) is 8.56. The van der Waals surface area contributed by atoms with Crippen LogP contribution in [0.1, 0.15) is 39.7 Å². The average Bonchev–Trinajstić information content (AvgIpc) is 2.46. The molecule has 0 aliphatic heterocycles. The maximum atomic E-state index is 11.9. The van der Waals surface area contributed by atoms with Gasteiger partial charge >= 0.3 is 12.2 Å². The van der Waals surface area contributed by atoms with Crippen LogP contribution in [0.25, 0.3) is 0 Å². The van der Waals surface area contributed by atoms with Crippen LogP contribution < -0.4 is 10.1 Å². The molecule has 1 aromatic rings. The number of hydrogen-bond donors (Lipinski definition) is 1. The highest BCUT2D eigenvalue weighted by Gasteiger charge is 2.15. The standard InChI is InChI=1S/C18H28N2O4/c1-6-12-20(5)17(22)23-15-9-7-8-14(13-15)10-11-19-16(21)24-18(2,3)4/h7-9,13H,6,10-12H2,1-5H3,(H,19,21). The van der Waals surface area contributed by atoms with Crippen molar-refractivity contribution in [2.24, 2.45) is 0 Å². The smallest absolute Gasteiger partial charge is 0.414 e. The molecule has 0 aromatic heterocycles. The summed E-state index contributed by atoms with van der Waals surface area (Å²) in [5.41, 5.74) is 0.456. The Morgan fingerprint density at radius 2 is 1.96 bits per heavy atom. The Bertz CT molecular complexity index is 552. The highest BCUT2D eigenvalue weighted by atomic mass is 16.6. The number of nitrogens with one attached hydrogen (secondary N) is 1. The van der Waals surface area contributed by atoms with Crippen LogP contribution in [-0.4, -0.2) is 42.8 Å². The van der Waals surface area contributed by atoms with E-state index in [0.717, 1.165) is 12.0 Å². The molecular weight excluding hydrogens is 308 g/mol. The van der Waals surface area contributed by atoms with Gasteiger partial charge in [-0.25, -0.2) is 9.59 Å². The molecule has 6 heteroatoms. The van der Waals surface area contributed by atoms with Crippen LogP contribution in [0.2, 0.25) is 0 Å². The van der Waals surface area contributed by atoms with Crippen LogP contribution in [0.3, 0.4) is 0 Å². The summed E-state index contributed by atoms with van der Waals surface area (Å²) >= 11 is 0. The molecule has 0 saturated heterocycles. The zero-order chi connectivity index (χ0) is 18.2. The van der Waals surface area contributed by atoms with Crippen LogP contribution in [-0.2, 0) is 11.2 Å². The molecular formula is C18H28N2O4. The second-order valence-corrected chi connectivity index (χ2v) is 6.62. The summed E-state index contributed by atoms with van der Waals surface area (Å²) in [7, 11) is 1.71. The first kappa shape index (κ1) is 19.8. The van der Waals surface area contributed by atoms with Gasteiger partial charge < -0.3 is 19.7 Å². The van der Waals surface area contributed by atoms with Gasteiger partial charge in [-0.1, -0.05) is 19.1 Å². The number of nitrogens with zero attached hydrogens (tertiary/aromatic N) is 1. The van der Waals surface area contributed by atoms with Gasteiger partial charge in [0.05, 0.1) is 0 Å². The van der Waals surface area contributed by atoms with E-state index in [1.165, 1.54) is 4.90 Å². The van der Waals surface area contributed by atoms with Gasteiger partial charge in [0.25, 0.3) is 0 Å². The molecule has 2 amide bonds. The molecule has 1 rings (SSSR count). The second kappa shape index (κ2) is 9.15. The SMILES string of the molecule is CCCN(C)C(=O)Oc1cccc(CCNC(=O)OC(C)(C)C)c1. The van der Waals surface area contributed by atoms with Crippen molar-refractivity contribution in [1.29, 1.82) is 0 Å². The number of amides is 2. The average molecular weight is 336 g/mol. The zero-order valence-corrected chi connectivity index (χ0v) is 15.2. The van der Waals surface area contributed by atoms with E-state index in [-0.39, 0.29) is 6.09 Å². The lowest BCUT2D eigenvalue weighted by Crippen LogP contribution is -2.33. The number of carbonyl (C=O) groups excluding carboxylic acids is 2. The Hall–Kier alpha value is -2.24. The van der Waals surface area contributed by atoms with Crippen LogP contribution in [0.4, 0.5) is 9.59 Å². The minimum absolute atomic E-state index is 0.374. The van der Waals surface area contributed by atoms with Crippen LogP contribution in [0.5, 0.6) is 5.75 Å². The number of hydrogen-bond acceptors (Lipinski definition) is 4. The van der Waals surface area contributed by atoms with Gasteiger partial charge in [-0.15, -0.1) is 0 Å². The van der Waals surface area contributed by atoms with Crippen LogP contribution >= 0.6 is 0 Å². The molecule has 0 spiro atoms. The lowest BCUT2D eigenvalue weighted by atomic mass is 10.1. The topological polar surface area (TPSA) is 67.9 Å². The molecule has 0 saturated carbocycles. The van der Waals surface area contributed by atoms with Crippen LogP contribution in [0.15, 0.2) is 24.3 Å². The Labute approximate surface area is 144 Å². The molecule has 24 heavy (non-hydrogen) atoms. The highest BCUT2D eigenvalue weighted by molar-refractivity contribution is 5.70. The van der Waals surface area contributed by atoms with E-state index < -0.39 is 11.7 Å². The van der Waals surface area contributed by atoms with Crippen molar-refractivity contribution in [2.75, 3.05) is 20.1 Å². The fraction of sp³-hybridized carbons (Fsp3) is 0.556. The molecule has 0 unspecified atom stereocenters. The molecule has 0 atom stereocenters. The highest BCUT2D eigenvalue weighted by Crippen LogP contribution is 2.15. The summed E-state index contributed by atoms with van der Waals surface area (Å²) in [6.07, 6.45) is 0.685. The summed E-state index contributed by atoms with van der Waals surface area (Å²) in [6, 6.07) is 7.28. The van der Waals surface area contributed by atoms with E-state index in [4.69, 9.17) is 9.47 Å². The summed E-state index contributed by atoms with van der Waals surface area (Å²) in [4.78, 5) is 25.0. The summed E-state index contributed by atoms with van der Waals surface area (Å²) in [5, 5.41) is 2.71. The molecule has 134 valence electrons. The number of carbonyl (C=O) groups is 2. The third-order valence-corrected chi connectivity index (χ3v) is 3.06. The number of benzene rings is 1. The van der Waals surface area contributed by atoms with Crippen LogP contribution in [0, 0.1) is 0 Å². The maximum Gasteiger partial charge on any atom is 0.414 e. The lowest BCUT2D eigenvalue weighted by Gasteiger charge is -2.19. The second-order valence-electron chi connectivity index (χ2n) is 6.62. The Morgan fingerprint density at radius 1 is 1.25 bits per heavy atom. The van der Waals surface area contributed by atoms with Gasteiger partial charge in [-0.2, -0.15) is 0 Å². The van der Waals surface area contributed by atoms with Gasteiger partial charge in [-0.3, -0.25) is 0 Å². The number of ether oxygens (including phenoxy) is 2. The number of rotatable bonds is 6. The van der Waals surface area contributed by atoms with E-state index in [0.29, 0.717) is 25.3 Å². The van der Waals surface area contributed by atoms with E-state index >= 15 is 0 Å². The van der Waals surface area contributed by atoms with Gasteiger partial charge in [0.1, 0.15) is 11.4 Å². The summed E-state index contributed by atoms with van der Waals surface area (Å²) in [5.74, 6) is 0.498. The molecule has 0 bridgehead atoms. The summed E-state index contributed by atoms with van der Waals surface area (Å²) < 4.78 is 10.5. The van der Waals surface area contributed by atoms with Crippen molar-refractivity contribution in [3.05, 3.63) is 29.8 Å². The zero-order valence-electron chi connectivity index (χ0n) is 15.2. The van der Waals surface area contributed by atoms with E-state index in [1.807, 2.05) is 39.8 Å². The molecule has 0 fully saturated rings. The van der Waals surface area contributed by atoms with Gasteiger partial charge in [0.15, 0.2) is 0 Å². The Kier molecular flexibility index (Phi) is 7.55. The van der Waals surface area contributed by atoms with Gasteiger partial charge in [0, 0.05) is 20.1 Å². The minimum atomic E-state index is -0.511. The third kappa shape index (κ3) is 7.85.